The molecule has 0 saturated carbocycles. The topological polar surface area (TPSA) is 18.5 Å². The van der Waals surface area contributed by atoms with Gasteiger partial charge in [-0.25, -0.2) is 4.39 Å². The number of likely N-dealkylation sites (N-methyl/N-ethyl adjacent to an activating group) is 2. The van der Waals surface area contributed by atoms with Crippen LogP contribution in [0.4, 0.5) is 4.39 Å². The van der Waals surface area contributed by atoms with Gasteiger partial charge in [0, 0.05) is 25.7 Å². The lowest BCUT2D eigenvalue weighted by atomic mass is 9.96. The van der Waals surface area contributed by atoms with E-state index in [9.17, 15) is 4.39 Å². The highest BCUT2D eigenvalue weighted by molar-refractivity contribution is 5.22. The van der Waals surface area contributed by atoms with Crippen molar-refractivity contribution in [1.82, 2.24) is 15.1 Å². The van der Waals surface area contributed by atoms with E-state index in [0.717, 1.165) is 25.2 Å². The summed E-state index contributed by atoms with van der Waals surface area (Å²) in [5.41, 5.74) is 1.16. The molecule has 0 radical (unpaired) electrons. The zero-order valence-electron chi connectivity index (χ0n) is 11.4. The largest absolute Gasteiger partial charge is 0.310 e. The third-order valence-electron chi connectivity index (χ3n) is 3.56. The van der Waals surface area contributed by atoms with Crippen LogP contribution < -0.4 is 5.32 Å². The lowest BCUT2D eigenvalue weighted by molar-refractivity contribution is 0.154. The Labute approximate surface area is 109 Å². The van der Waals surface area contributed by atoms with Crippen molar-refractivity contribution in [3.63, 3.8) is 0 Å². The van der Waals surface area contributed by atoms with Crippen molar-refractivity contribution in [2.75, 3.05) is 40.8 Å². The maximum absolute atomic E-state index is 13.0. The maximum Gasteiger partial charge on any atom is 0.123 e. The Balaban J connectivity index is 2.19. The third kappa shape index (κ3) is 3.07. The zero-order chi connectivity index (χ0) is 13.1. The summed E-state index contributed by atoms with van der Waals surface area (Å²) in [4.78, 5) is 4.53. The van der Waals surface area contributed by atoms with Crippen molar-refractivity contribution < 1.29 is 4.39 Å². The minimum Gasteiger partial charge on any atom is -0.310 e. The molecule has 18 heavy (non-hydrogen) atoms. The number of rotatable bonds is 3. The minimum absolute atomic E-state index is 0.176. The molecule has 0 bridgehead atoms. The molecule has 1 aromatic rings. The van der Waals surface area contributed by atoms with E-state index in [-0.39, 0.29) is 11.9 Å². The van der Waals surface area contributed by atoms with Crippen LogP contribution in [-0.4, -0.2) is 56.6 Å². The van der Waals surface area contributed by atoms with Crippen LogP contribution in [0.15, 0.2) is 24.3 Å². The van der Waals surface area contributed by atoms with E-state index in [1.165, 1.54) is 0 Å². The second kappa shape index (κ2) is 5.78. The predicted molar refractivity (Wildman–Crippen MR) is 72.1 cm³/mol. The van der Waals surface area contributed by atoms with E-state index in [1.54, 1.807) is 12.1 Å². The van der Waals surface area contributed by atoms with Gasteiger partial charge in [0.2, 0.25) is 0 Å². The standard InChI is InChI=1S/C14H22FN3/c1-17(2)14(11-4-6-12(15)7-5-11)13-10-18(3)9-8-16-13/h4-7,13-14,16H,8-10H2,1-3H3. The lowest BCUT2D eigenvalue weighted by Gasteiger charge is -2.39. The molecule has 2 unspecified atom stereocenters. The van der Waals surface area contributed by atoms with Crippen molar-refractivity contribution >= 4 is 0 Å². The molecule has 1 N–H and O–H groups in total. The van der Waals surface area contributed by atoms with Gasteiger partial charge in [-0.3, -0.25) is 0 Å². The van der Waals surface area contributed by atoms with Crippen LogP contribution in [0.1, 0.15) is 11.6 Å². The van der Waals surface area contributed by atoms with Gasteiger partial charge in [0.15, 0.2) is 0 Å². The first-order chi connectivity index (χ1) is 8.58. The smallest absolute Gasteiger partial charge is 0.123 e. The van der Waals surface area contributed by atoms with Crippen LogP contribution in [0.3, 0.4) is 0 Å². The van der Waals surface area contributed by atoms with Crippen LogP contribution in [-0.2, 0) is 0 Å². The van der Waals surface area contributed by atoms with Crippen LogP contribution in [0.5, 0.6) is 0 Å². The van der Waals surface area contributed by atoms with Gasteiger partial charge in [-0.05, 0) is 38.8 Å². The first-order valence-corrected chi connectivity index (χ1v) is 6.42. The summed E-state index contributed by atoms with van der Waals surface area (Å²) >= 11 is 0. The quantitative estimate of drug-likeness (QED) is 0.874. The molecule has 3 nitrogen and oxygen atoms in total. The Hall–Kier alpha value is -0.970. The van der Waals surface area contributed by atoms with Gasteiger partial charge in [-0.15, -0.1) is 0 Å². The molecule has 1 fully saturated rings. The van der Waals surface area contributed by atoms with E-state index in [0.29, 0.717) is 6.04 Å². The summed E-state index contributed by atoms with van der Waals surface area (Å²) in [6.07, 6.45) is 0. The summed E-state index contributed by atoms with van der Waals surface area (Å²) in [5.74, 6) is -0.176. The Kier molecular flexibility index (Phi) is 4.32. The highest BCUT2D eigenvalue weighted by Crippen LogP contribution is 2.24. The summed E-state index contributed by atoms with van der Waals surface area (Å²) in [6.45, 7) is 3.10. The lowest BCUT2D eigenvalue weighted by Crippen LogP contribution is -2.54. The fraction of sp³-hybridized carbons (Fsp3) is 0.571. The third-order valence-corrected chi connectivity index (χ3v) is 3.56. The molecule has 100 valence electrons. The summed E-state index contributed by atoms with van der Waals surface area (Å²) in [7, 11) is 6.29. The van der Waals surface area contributed by atoms with E-state index in [1.807, 2.05) is 12.1 Å². The Morgan fingerprint density at radius 3 is 2.56 bits per heavy atom. The highest BCUT2D eigenvalue weighted by Gasteiger charge is 2.28. The Bertz CT molecular complexity index is 377. The van der Waals surface area contributed by atoms with E-state index < -0.39 is 0 Å². The van der Waals surface area contributed by atoms with Gasteiger partial charge in [-0.1, -0.05) is 12.1 Å². The van der Waals surface area contributed by atoms with Gasteiger partial charge in [0.05, 0.1) is 6.04 Å². The molecule has 2 atom stereocenters. The average molecular weight is 251 g/mol. The second-order valence-electron chi connectivity index (χ2n) is 5.28. The van der Waals surface area contributed by atoms with Crippen LogP contribution in [0.2, 0.25) is 0 Å². The van der Waals surface area contributed by atoms with Gasteiger partial charge in [-0.2, -0.15) is 0 Å². The average Bonchev–Trinajstić information content (AvgIpc) is 2.32. The molecule has 2 rings (SSSR count). The molecular formula is C14H22FN3. The molecule has 1 aromatic carbocycles. The number of benzene rings is 1. The molecule has 1 heterocycles. The van der Waals surface area contributed by atoms with Crippen LogP contribution in [0, 0.1) is 5.82 Å². The fourth-order valence-electron chi connectivity index (χ4n) is 2.69. The molecule has 1 aliphatic heterocycles. The van der Waals surface area contributed by atoms with Gasteiger partial charge in [0.1, 0.15) is 5.82 Å². The highest BCUT2D eigenvalue weighted by atomic mass is 19.1. The number of hydrogen-bond donors (Lipinski definition) is 1. The molecule has 0 aliphatic carbocycles. The Morgan fingerprint density at radius 1 is 1.33 bits per heavy atom. The van der Waals surface area contributed by atoms with E-state index in [4.69, 9.17) is 0 Å². The van der Waals surface area contributed by atoms with Crippen molar-refractivity contribution in [2.24, 2.45) is 0 Å². The molecular weight excluding hydrogens is 229 g/mol. The van der Waals surface area contributed by atoms with Crippen molar-refractivity contribution in [1.29, 1.82) is 0 Å². The van der Waals surface area contributed by atoms with Crippen LogP contribution >= 0.6 is 0 Å². The number of nitrogens with one attached hydrogen (secondary N) is 1. The summed E-state index contributed by atoms with van der Waals surface area (Å²) in [5, 5.41) is 3.57. The monoisotopic (exact) mass is 251 g/mol. The predicted octanol–water partition coefficient (Wildman–Crippen LogP) is 1.33. The molecule has 0 spiro atoms. The number of hydrogen-bond acceptors (Lipinski definition) is 3. The molecule has 1 aliphatic rings. The van der Waals surface area contributed by atoms with Crippen molar-refractivity contribution in [2.45, 2.75) is 12.1 Å². The maximum atomic E-state index is 13.0. The van der Waals surface area contributed by atoms with E-state index in [2.05, 4.69) is 36.3 Å². The molecule has 4 heteroatoms. The summed E-state index contributed by atoms with van der Waals surface area (Å²) < 4.78 is 13.0. The zero-order valence-corrected chi connectivity index (χ0v) is 11.4. The first-order valence-electron chi connectivity index (χ1n) is 6.42. The molecule has 1 saturated heterocycles. The number of piperazine rings is 1. The SMILES string of the molecule is CN1CCNC(C(c2ccc(F)cc2)N(C)C)C1. The fourth-order valence-corrected chi connectivity index (χ4v) is 2.69. The van der Waals surface area contributed by atoms with Crippen molar-refractivity contribution in [3.8, 4) is 0 Å². The van der Waals surface area contributed by atoms with Crippen molar-refractivity contribution in [3.05, 3.63) is 35.6 Å². The second-order valence-corrected chi connectivity index (χ2v) is 5.28. The minimum atomic E-state index is -0.176. The first kappa shape index (κ1) is 13.5. The summed E-state index contributed by atoms with van der Waals surface area (Å²) in [6, 6.07) is 7.50. The van der Waals surface area contributed by atoms with Gasteiger partial charge >= 0.3 is 0 Å². The van der Waals surface area contributed by atoms with Crippen LogP contribution in [0.25, 0.3) is 0 Å². The van der Waals surface area contributed by atoms with Gasteiger partial charge in [0.25, 0.3) is 0 Å². The number of nitrogens with zero attached hydrogens (tertiary/aromatic N) is 2. The molecule has 0 aromatic heterocycles. The Morgan fingerprint density at radius 2 is 2.00 bits per heavy atom. The molecule has 0 amide bonds. The van der Waals surface area contributed by atoms with E-state index >= 15 is 0 Å². The van der Waals surface area contributed by atoms with Gasteiger partial charge < -0.3 is 15.1 Å². The number of halogens is 1. The normalized spacial score (nSPS) is 23.3.